The molecule has 3 fully saturated rings. The zero-order chi connectivity index (χ0) is 42.2. The second kappa shape index (κ2) is 20.0. The monoisotopic (exact) mass is 842 g/mol. The Balaban J connectivity index is 0.973. The first-order valence-electron chi connectivity index (χ1n) is 21.8. The van der Waals surface area contributed by atoms with E-state index in [4.69, 9.17) is 9.47 Å². The molecule has 61 heavy (non-hydrogen) atoms. The number of benzene rings is 5. The van der Waals surface area contributed by atoms with Gasteiger partial charge in [-0.2, -0.15) is 4.72 Å². The summed E-state index contributed by atoms with van der Waals surface area (Å²) in [5.41, 5.74) is 7.50. The van der Waals surface area contributed by atoms with Crippen molar-refractivity contribution >= 4 is 15.9 Å². The van der Waals surface area contributed by atoms with Crippen molar-refractivity contribution in [3.05, 3.63) is 161 Å². The van der Waals surface area contributed by atoms with Gasteiger partial charge in [0, 0.05) is 37.7 Å². The summed E-state index contributed by atoms with van der Waals surface area (Å²) in [7, 11) is -3.96. The number of aliphatic hydroxyl groups excluding tert-OH is 1. The lowest BCUT2D eigenvalue weighted by molar-refractivity contribution is -0.253. The average molecular weight is 843 g/mol. The van der Waals surface area contributed by atoms with E-state index in [1.165, 1.54) is 38.8 Å². The molecule has 0 bridgehead atoms. The standard InChI is InChI=1S/C50H58N4O6S/c1-36-17-23-46(24-18-36)61(57,58)52-47(29-37-10-3-2-4-11-37)49(56)51-32-39-12-7-13-41(28-39)42-14-8-15-43(30-42)50-59-45(31-48(60-50)40-21-19-38(35-55)20-22-40)34-54-27-9-16-44(54)33-53-25-5-6-26-53/h2-4,7-8,10-15,17-24,28,30,44-45,47-48,50,52,55H,5-6,9,16,25-27,29,31-35H2,1H3,(H,51,56)/t44-,45-,47+,48+,50+/m0/s1. The Labute approximate surface area is 361 Å². The van der Waals surface area contributed by atoms with Crippen molar-refractivity contribution in [1.29, 1.82) is 0 Å². The maximum atomic E-state index is 13.8. The summed E-state index contributed by atoms with van der Waals surface area (Å²) in [6.07, 6.45) is 5.20. The number of carbonyl (C=O) groups is 1. The highest BCUT2D eigenvalue weighted by atomic mass is 32.2. The van der Waals surface area contributed by atoms with Crippen LogP contribution in [0.1, 0.15) is 77.9 Å². The van der Waals surface area contributed by atoms with Crippen molar-refractivity contribution in [2.45, 2.75) is 94.1 Å². The van der Waals surface area contributed by atoms with Gasteiger partial charge in [0.1, 0.15) is 6.04 Å². The minimum absolute atomic E-state index is 0.00125. The molecule has 3 aliphatic rings. The molecule has 0 aliphatic carbocycles. The Hall–Kier alpha value is -4.72. The number of carbonyl (C=O) groups excluding carboxylic acids is 1. The molecule has 11 heteroatoms. The molecule has 5 aromatic carbocycles. The van der Waals surface area contributed by atoms with Gasteiger partial charge in [0.05, 0.1) is 23.7 Å². The molecule has 3 aliphatic heterocycles. The van der Waals surface area contributed by atoms with Crippen molar-refractivity contribution in [2.24, 2.45) is 0 Å². The van der Waals surface area contributed by atoms with Crippen LogP contribution in [0.3, 0.4) is 0 Å². The third kappa shape index (κ3) is 11.2. The van der Waals surface area contributed by atoms with Gasteiger partial charge in [0.2, 0.25) is 15.9 Å². The molecule has 320 valence electrons. The predicted molar refractivity (Wildman–Crippen MR) is 238 cm³/mol. The molecule has 0 radical (unpaired) electrons. The third-order valence-corrected chi connectivity index (χ3v) is 13.8. The van der Waals surface area contributed by atoms with E-state index in [0.717, 1.165) is 70.6 Å². The van der Waals surface area contributed by atoms with Crippen LogP contribution in [-0.2, 0) is 43.9 Å². The third-order valence-electron chi connectivity index (χ3n) is 12.3. The van der Waals surface area contributed by atoms with E-state index in [1.807, 2.05) is 79.7 Å². The molecular weight excluding hydrogens is 785 g/mol. The van der Waals surface area contributed by atoms with Gasteiger partial charge in [0.25, 0.3) is 0 Å². The Kier molecular flexibility index (Phi) is 14.1. The summed E-state index contributed by atoms with van der Waals surface area (Å²) < 4.78 is 43.1. The van der Waals surface area contributed by atoms with Gasteiger partial charge >= 0.3 is 0 Å². The van der Waals surface area contributed by atoms with Crippen LogP contribution < -0.4 is 10.0 Å². The summed E-state index contributed by atoms with van der Waals surface area (Å²) in [4.78, 5) is 19.1. The molecule has 3 heterocycles. The van der Waals surface area contributed by atoms with E-state index in [2.05, 4.69) is 50.2 Å². The minimum atomic E-state index is -3.96. The number of aryl methyl sites for hydroxylation is 1. The predicted octanol–water partition coefficient (Wildman–Crippen LogP) is 7.47. The molecule has 0 saturated carbocycles. The number of likely N-dealkylation sites (tertiary alicyclic amines) is 2. The van der Waals surface area contributed by atoms with E-state index < -0.39 is 28.3 Å². The first-order valence-corrected chi connectivity index (χ1v) is 23.2. The first kappa shape index (κ1) is 42.9. The van der Waals surface area contributed by atoms with Crippen molar-refractivity contribution in [3.8, 4) is 11.1 Å². The topological polar surface area (TPSA) is 120 Å². The fourth-order valence-corrected chi connectivity index (χ4v) is 10.1. The molecule has 3 saturated heterocycles. The zero-order valence-corrected chi connectivity index (χ0v) is 35.8. The van der Waals surface area contributed by atoms with Gasteiger partial charge in [-0.3, -0.25) is 9.69 Å². The zero-order valence-electron chi connectivity index (χ0n) is 35.0. The average Bonchev–Trinajstić information content (AvgIpc) is 3.98. The maximum Gasteiger partial charge on any atom is 0.241 e. The van der Waals surface area contributed by atoms with Crippen molar-refractivity contribution in [1.82, 2.24) is 19.8 Å². The molecule has 0 aromatic heterocycles. The van der Waals surface area contributed by atoms with Crippen LogP contribution in [0.5, 0.6) is 0 Å². The summed E-state index contributed by atoms with van der Waals surface area (Å²) in [5.74, 6) is -0.412. The van der Waals surface area contributed by atoms with E-state index >= 15 is 0 Å². The summed E-state index contributed by atoms with van der Waals surface area (Å²) >= 11 is 0. The van der Waals surface area contributed by atoms with Crippen LogP contribution in [0.4, 0.5) is 0 Å². The van der Waals surface area contributed by atoms with Gasteiger partial charge in [-0.1, -0.05) is 109 Å². The summed E-state index contributed by atoms with van der Waals surface area (Å²) in [6.45, 7) is 7.59. The van der Waals surface area contributed by atoms with Gasteiger partial charge in [0.15, 0.2) is 6.29 Å². The van der Waals surface area contributed by atoms with Crippen molar-refractivity contribution in [2.75, 3.05) is 32.7 Å². The molecule has 0 spiro atoms. The summed E-state index contributed by atoms with van der Waals surface area (Å²) in [6, 6.07) is 39.9. The first-order chi connectivity index (χ1) is 29.7. The van der Waals surface area contributed by atoms with Gasteiger partial charge in [-0.25, -0.2) is 8.42 Å². The molecular formula is C50H58N4O6S. The van der Waals surface area contributed by atoms with E-state index in [9.17, 15) is 18.3 Å². The fraction of sp³-hybridized carbons (Fsp3) is 0.380. The second-order valence-electron chi connectivity index (χ2n) is 16.9. The lowest BCUT2D eigenvalue weighted by Gasteiger charge is -2.39. The van der Waals surface area contributed by atoms with Crippen LogP contribution in [0, 0.1) is 6.92 Å². The van der Waals surface area contributed by atoms with Crippen LogP contribution in [0.25, 0.3) is 11.1 Å². The van der Waals surface area contributed by atoms with Crippen LogP contribution in [0.2, 0.25) is 0 Å². The van der Waals surface area contributed by atoms with Crippen molar-refractivity contribution in [3.63, 3.8) is 0 Å². The maximum absolute atomic E-state index is 13.8. The number of sulfonamides is 1. The number of rotatable bonds is 16. The largest absolute Gasteiger partial charge is 0.392 e. The highest BCUT2D eigenvalue weighted by Gasteiger charge is 2.36. The molecule has 8 rings (SSSR count). The molecule has 5 atom stereocenters. The minimum Gasteiger partial charge on any atom is -0.392 e. The molecule has 1 amide bonds. The van der Waals surface area contributed by atoms with Crippen LogP contribution >= 0.6 is 0 Å². The van der Waals surface area contributed by atoms with Crippen LogP contribution in [0.15, 0.2) is 132 Å². The Morgan fingerprint density at radius 2 is 1.48 bits per heavy atom. The quantitative estimate of drug-likeness (QED) is 0.0937. The highest BCUT2D eigenvalue weighted by Crippen LogP contribution is 2.40. The number of amides is 1. The van der Waals surface area contributed by atoms with Gasteiger partial charge in [-0.05, 0) is 116 Å². The number of ether oxygens (including phenoxy) is 2. The summed E-state index contributed by atoms with van der Waals surface area (Å²) in [5, 5.41) is 12.7. The molecule has 10 nitrogen and oxygen atoms in total. The number of hydrogen-bond acceptors (Lipinski definition) is 8. The van der Waals surface area contributed by atoms with E-state index in [-0.39, 0.29) is 36.7 Å². The van der Waals surface area contributed by atoms with Gasteiger partial charge < -0.3 is 24.8 Å². The van der Waals surface area contributed by atoms with E-state index in [0.29, 0.717) is 6.04 Å². The van der Waals surface area contributed by atoms with Crippen LogP contribution in [-0.4, -0.2) is 80.1 Å². The lowest BCUT2D eigenvalue weighted by atomic mass is 9.98. The number of aliphatic hydroxyl groups is 1. The Morgan fingerprint density at radius 3 is 2.23 bits per heavy atom. The fourth-order valence-electron chi connectivity index (χ4n) is 8.95. The Bertz CT molecular complexity index is 2320. The lowest BCUT2D eigenvalue weighted by Crippen LogP contribution is -2.47. The molecule has 3 N–H and O–H groups in total. The second-order valence-corrected chi connectivity index (χ2v) is 18.6. The van der Waals surface area contributed by atoms with Crippen molar-refractivity contribution < 1.29 is 27.8 Å². The number of hydrogen-bond donors (Lipinski definition) is 3. The number of nitrogens with one attached hydrogen (secondary N) is 2. The van der Waals surface area contributed by atoms with E-state index in [1.54, 1.807) is 24.3 Å². The SMILES string of the molecule is Cc1ccc(S(=O)(=O)N[C@H](Cc2ccccc2)C(=O)NCc2cccc(-c3cccc([C@@H]4O[C@H](CN5CCC[C@H]5CN5CCCC5)C[C@H](c5ccc(CO)cc5)O4)c3)c2)cc1. The van der Waals surface area contributed by atoms with Gasteiger partial charge in [-0.15, -0.1) is 0 Å². The Morgan fingerprint density at radius 1 is 0.754 bits per heavy atom. The number of nitrogens with zero attached hydrogens (tertiary/aromatic N) is 2. The molecule has 0 unspecified atom stereocenters. The normalized spacial score (nSPS) is 21.7. The highest BCUT2D eigenvalue weighted by molar-refractivity contribution is 7.89. The smallest absolute Gasteiger partial charge is 0.241 e. The molecule has 5 aromatic rings.